The number of nitrogens with two attached hydrogens (primary N) is 1. The second-order valence-electron chi connectivity index (χ2n) is 9.29. The van der Waals surface area contributed by atoms with Crippen molar-refractivity contribution in [2.45, 2.75) is 44.9 Å². The molecule has 0 saturated heterocycles. The lowest BCUT2D eigenvalue weighted by Crippen LogP contribution is -2.19. The Morgan fingerprint density at radius 2 is 1.71 bits per heavy atom. The molecule has 1 heterocycles. The molecule has 1 fully saturated rings. The van der Waals surface area contributed by atoms with Crippen molar-refractivity contribution in [1.29, 1.82) is 0 Å². The zero-order valence-electron chi connectivity index (χ0n) is 19.3. The molecule has 172 valence electrons. The molecule has 0 radical (unpaired) electrons. The largest absolute Gasteiger partial charge is 0.399 e. The zero-order chi connectivity index (χ0) is 23.3. The lowest BCUT2D eigenvalue weighted by atomic mass is 9.86. The number of hydrogen-bond donors (Lipinski definition) is 2. The van der Waals surface area contributed by atoms with Crippen LogP contribution in [0.1, 0.15) is 43.4 Å². The molecule has 1 aliphatic carbocycles. The number of aromatic nitrogens is 2. The highest BCUT2D eigenvalue weighted by Gasteiger charge is 2.19. The van der Waals surface area contributed by atoms with Gasteiger partial charge in [-0.25, -0.2) is 9.97 Å². The molecule has 34 heavy (non-hydrogen) atoms. The molecule has 1 aromatic heterocycles. The average Bonchev–Trinajstić information content (AvgIpc) is 2.86. The first-order valence-electron chi connectivity index (χ1n) is 12.1. The van der Waals surface area contributed by atoms with Crippen LogP contribution in [0.25, 0.3) is 22.0 Å². The molecule has 1 amide bonds. The topological polar surface area (TPSA) is 80.9 Å². The molecule has 0 unspecified atom stereocenters. The maximum atomic E-state index is 13.0. The Balaban J connectivity index is 1.37. The van der Waals surface area contributed by atoms with Crippen LogP contribution in [-0.4, -0.2) is 15.9 Å². The highest BCUT2D eigenvalue weighted by Crippen LogP contribution is 2.29. The second-order valence-corrected chi connectivity index (χ2v) is 9.29. The maximum absolute atomic E-state index is 13.0. The van der Waals surface area contributed by atoms with Crippen LogP contribution in [0.5, 0.6) is 0 Å². The Labute approximate surface area is 200 Å². The predicted octanol–water partition coefficient (Wildman–Crippen LogP) is 6.18. The summed E-state index contributed by atoms with van der Waals surface area (Å²) in [4.78, 5) is 22.6. The Kier molecular flexibility index (Phi) is 6.52. The number of nitrogen functional groups attached to an aromatic ring is 1. The van der Waals surface area contributed by atoms with Gasteiger partial charge in [0, 0.05) is 11.3 Å². The quantitative estimate of drug-likeness (QED) is 0.344. The lowest BCUT2D eigenvalue weighted by molar-refractivity contribution is -0.115. The minimum Gasteiger partial charge on any atom is -0.399 e. The van der Waals surface area contributed by atoms with Gasteiger partial charge in [0.1, 0.15) is 0 Å². The van der Waals surface area contributed by atoms with Crippen LogP contribution in [0, 0.1) is 5.92 Å². The number of rotatable bonds is 6. The SMILES string of the molecule is Nc1ccc(-c2cnc(NC(=O)Cc3ccc4ccccc4c3)c(CC3CCCCC3)n2)cc1. The molecule has 5 heteroatoms. The fraction of sp³-hybridized carbons (Fsp3) is 0.276. The van der Waals surface area contributed by atoms with E-state index in [4.69, 9.17) is 10.7 Å². The first-order valence-corrected chi connectivity index (χ1v) is 12.1. The van der Waals surface area contributed by atoms with Gasteiger partial charge in [-0.1, -0.05) is 86.7 Å². The molecule has 3 N–H and O–H groups in total. The second kappa shape index (κ2) is 10.0. The molecular weight excluding hydrogens is 420 g/mol. The third-order valence-corrected chi connectivity index (χ3v) is 6.69. The van der Waals surface area contributed by atoms with Gasteiger partial charge in [-0.2, -0.15) is 0 Å². The van der Waals surface area contributed by atoms with Gasteiger partial charge >= 0.3 is 0 Å². The van der Waals surface area contributed by atoms with Crippen molar-refractivity contribution >= 4 is 28.2 Å². The van der Waals surface area contributed by atoms with E-state index in [2.05, 4.69) is 34.6 Å². The van der Waals surface area contributed by atoms with Gasteiger partial charge < -0.3 is 11.1 Å². The van der Waals surface area contributed by atoms with Gasteiger partial charge in [-0.15, -0.1) is 0 Å². The van der Waals surface area contributed by atoms with Crippen molar-refractivity contribution in [2.75, 3.05) is 11.1 Å². The van der Waals surface area contributed by atoms with Crippen LogP contribution >= 0.6 is 0 Å². The van der Waals surface area contributed by atoms with E-state index >= 15 is 0 Å². The zero-order valence-corrected chi connectivity index (χ0v) is 19.3. The van der Waals surface area contributed by atoms with Gasteiger partial charge in [-0.3, -0.25) is 4.79 Å². The summed E-state index contributed by atoms with van der Waals surface area (Å²) in [6.07, 6.45) is 9.12. The van der Waals surface area contributed by atoms with Gasteiger partial charge in [0.15, 0.2) is 5.82 Å². The molecule has 5 nitrogen and oxygen atoms in total. The van der Waals surface area contributed by atoms with E-state index in [0.29, 0.717) is 18.2 Å². The van der Waals surface area contributed by atoms with Crippen molar-refractivity contribution in [1.82, 2.24) is 9.97 Å². The summed E-state index contributed by atoms with van der Waals surface area (Å²) in [6.45, 7) is 0. The summed E-state index contributed by atoms with van der Waals surface area (Å²) < 4.78 is 0. The third kappa shape index (κ3) is 5.25. The van der Waals surface area contributed by atoms with E-state index in [9.17, 15) is 4.79 Å². The summed E-state index contributed by atoms with van der Waals surface area (Å²) >= 11 is 0. The number of nitrogens with zero attached hydrogens (tertiary/aromatic N) is 2. The summed E-state index contributed by atoms with van der Waals surface area (Å²) in [5.41, 5.74) is 10.2. The highest BCUT2D eigenvalue weighted by atomic mass is 16.1. The number of fused-ring (bicyclic) bond motifs is 1. The van der Waals surface area contributed by atoms with Gasteiger partial charge in [-0.05, 0) is 40.8 Å². The molecule has 4 aromatic rings. The van der Waals surface area contributed by atoms with E-state index in [-0.39, 0.29) is 5.91 Å². The molecule has 3 aromatic carbocycles. The average molecular weight is 451 g/mol. The van der Waals surface area contributed by atoms with Crippen LogP contribution in [0.3, 0.4) is 0 Å². The van der Waals surface area contributed by atoms with E-state index in [1.165, 1.54) is 37.5 Å². The Morgan fingerprint density at radius 1 is 0.941 bits per heavy atom. The molecular formula is C29H30N4O. The number of anilines is 2. The van der Waals surface area contributed by atoms with Crippen LogP contribution in [0.2, 0.25) is 0 Å². The fourth-order valence-electron chi connectivity index (χ4n) is 4.84. The minimum absolute atomic E-state index is 0.0743. The Hall–Kier alpha value is -3.73. The molecule has 0 spiro atoms. The van der Waals surface area contributed by atoms with Crippen molar-refractivity contribution in [3.05, 3.63) is 84.2 Å². The number of nitrogens with one attached hydrogen (secondary N) is 1. The first kappa shape index (κ1) is 22.1. The van der Waals surface area contributed by atoms with Crippen molar-refractivity contribution < 1.29 is 4.79 Å². The standard InChI is InChI=1S/C29H30N4O/c30-25-14-12-23(13-15-25)27-19-31-29(26(32-27)17-20-6-2-1-3-7-20)33-28(34)18-21-10-11-22-8-4-5-9-24(22)16-21/h4-5,8-16,19-20H,1-3,6-7,17-18,30H2,(H,31,33,34). The van der Waals surface area contributed by atoms with E-state index in [0.717, 1.165) is 40.0 Å². The van der Waals surface area contributed by atoms with Crippen LogP contribution in [0.4, 0.5) is 11.5 Å². The summed E-state index contributed by atoms with van der Waals surface area (Å²) in [5, 5.41) is 5.36. The fourth-order valence-corrected chi connectivity index (χ4v) is 4.84. The summed E-state index contributed by atoms with van der Waals surface area (Å²) in [5.74, 6) is 1.09. The summed E-state index contributed by atoms with van der Waals surface area (Å²) in [6, 6.07) is 22.0. The monoisotopic (exact) mass is 450 g/mol. The van der Waals surface area contributed by atoms with E-state index < -0.39 is 0 Å². The molecule has 0 aliphatic heterocycles. The normalized spacial score (nSPS) is 14.2. The number of hydrogen-bond acceptors (Lipinski definition) is 4. The predicted molar refractivity (Wildman–Crippen MR) is 138 cm³/mol. The van der Waals surface area contributed by atoms with Crippen LogP contribution < -0.4 is 11.1 Å². The number of carbonyl (C=O) groups is 1. The number of benzene rings is 3. The molecule has 1 saturated carbocycles. The minimum atomic E-state index is -0.0743. The number of carbonyl (C=O) groups excluding carboxylic acids is 1. The Morgan fingerprint density at radius 3 is 2.50 bits per heavy atom. The van der Waals surface area contributed by atoms with E-state index in [1.807, 2.05) is 42.5 Å². The molecule has 0 atom stereocenters. The lowest BCUT2D eigenvalue weighted by Gasteiger charge is -2.22. The van der Waals surface area contributed by atoms with E-state index in [1.54, 1.807) is 6.20 Å². The first-order chi connectivity index (χ1) is 16.6. The van der Waals surface area contributed by atoms with Crippen molar-refractivity contribution in [3.63, 3.8) is 0 Å². The molecule has 1 aliphatic rings. The maximum Gasteiger partial charge on any atom is 0.229 e. The Bertz CT molecular complexity index is 1290. The smallest absolute Gasteiger partial charge is 0.229 e. The number of amides is 1. The molecule has 0 bridgehead atoms. The van der Waals surface area contributed by atoms with Crippen LogP contribution in [0.15, 0.2) is 72.9 Å². The summed E-state index contributed by atoms with van der Waals surface area (Å²) in [7, 11) is 0. The van der Waals surface area contributed by atoms with Gasteiger partial charge in [0.25, 0.3) is 0 Å². The van der Waals surface area contributed by atoms with Crippen molar-refractivity contribution in [3.8, 4) is 11.3 Å². The van der Waals surface area contributed by atoms with Crippen LogP contribution in [-0.2, 0) is 17.6 Å². The van der Waals surface area contributed by atoms with Gasteiger partial charge in [0.2, 0.25) is 5.91 Å². The van der Waals surface area contributed by atoms with Crippen molar-refractivity contribution in [2.24, 2.45) is 5.92 Å². The highest BCUT2D eigenvalue weighted by molar-refractivity contribution is 5.93. The third-order valence-electron chi connectivity index (χ3n) is 6.69. The van der Waals surface area contributed by atoms with Gasteiger partial charge in [0.05, 0.1) is 24.0 Å². The molecule has 5 rings (SSSR count).